The smallest absolute Gasteiger partial charge is 0.320 e. The van der Waals surface area contributed by atoms with Crippen molar-refractivity contribution < 1.29 is 9.18 Å². The molecule has 0 aliphatic rings. The van der Waals surface area contributed by atoms with Gasteiger partial charge in [0.2, 0.25) is 0 Å². The van der Waals surface area contributed by atoms with Crippen LogP contribution >= 0.6 is 11.3 Å². The van der Waals surface area contributed by atoms with Crippen LogP contribution in [-0.2, 0) is 5.54 Å². The first kappa shape index (κ1) is 17.2. The Morgan fingerprint density at radius 1 is 1.36 bits per heavy atom. The van der Waals surface area contributed by atoms with Crippen LogP contribution in [0.1, 0.15) is 25.3 Å². The number of benzene rings is 1. The third-order valence-corrected chi connectivity index (χ3v) is 5.13. The average Bonchev–Trinajstić information content (AvgIpc) is 3.30. The Balaban J connectivity index is 1.82. The van der Waals surface area contributed by atoms with Crippen molar-refractivity contribution in [3.05, 3.63) is 65.1 Å². The highest BCUT2D eigenvalue weighted by Crippen LogP contribution is 2.27. The molecule has 2 heterocycles. The van der Waals surface area contributed by atoms with Crippen molar-refractivity contribution in [2.45, 2.75) is 25.8 Å². The van der Waals surface area contributed by atoms with Crippen LogP contribution in [0.4, 0.5) is 14.9 Å². The Bertz CT molecular complexity index is 848. The van der Waals surface area contributed by atoms with Gasteiger partial charge in [-0.05, 0) is 43.7 Å². The first-order valence-corrected chi connectivity index (χ1v) is 8.82. The minimum atomic E-state index is -0.564. The highest BCUT2D eigenvalue weighted by Gasteiger charge is 2.29. The van der Waals surface area contributed by atoms with E-state index in [1.807, 2.05) is 31.4 Å². The summed E-state index contributed by atoms with van der Waals surface area (Å²) in [6.07, 6.45) is 6.01. The van der Waals surface area contributed by atoms with Gasteiger partial charge in [-0.15, -0.1) is 11.3 Å². The topological polar surface area (TPSA) is 59.0 Å². The minimum Gasteiger partial charge on any atom is -0.326 e. The third-order valence-electron chi connectivity index (χ3n) is 4.09. The maximum Gasteiger partial charge on any atom is 0.320 e. The standard InChI is InChI=1S/C18H19FN4OS/c1-3-18(2,16-20-8-11-25-16)22-17(24)21-14-7-6-13(19)12-15(14)23-9-4-5-10-23/h4-12H,3H2,1-2H3,(H2,21,22,24)/t18-/m1/s1. The molecule has 2 amide bonds. The molecule has 3 aromatic rings. The molecule has 0 unspecified atom stereocenters. The van der Waals surface area contributed by atoms with Gasteiger partial charge in [-0.2, -0.15) is 0 Å². The monoisotopic (exact) mass is 358 g/mol. The molecule has 0 saturated heterocycles. The number of thiazole rings is 1. The molecule has 2 N–H and O–H groups in total. The number of rotatable bonds is 5. The maximum atomic E-state index is 13.6. The summed E-state index contributed by atoms with van der Waals surface area (Å²) in [5, 5.41) is 8.52. The number of nitrogens with zero attached hydrogens (tertiary/aromatic N) is 2. The molecule has 0 aliphatic carbocycles. The lowest BCUT2D eigenvalue weighted by molar-refractivity contribution is 0.237. The summed E-state index contributed by atoms with van der Waals surface area (Å²) in [5.74, 6) is -0.365. The van der Waals surface area contributed by atoms with Crippen molar-refractivity contribution in [1.29, 1.82) is 0 Å². The van der Waals surface area contributed by atoms with Crippen LogP contribution in [0.2, 0.25) is 0 Å². The third kappa shape index (κ3) is 3.71. The van der Waals surface area contributed by atoms with Crippen LogP contribution in [0.25, 0.3) is 5.69 Å². The molecule has 25 heavy (non-hydrogen) atoms. The number of aromatic nitrogens is 2. The fraction of sp³-hybridized carbons (Fsp3) is 0.222. The van der Waals surface area contributed by atoms with E-state index in [-0.39, 0.29) is 11.8 Å². The zero-order valence-corrected chi connectivity index (χ0v) is 14.8. The average molecular weight is 358 g/mol. The molecule has 0 aliphatic heterocycles. The van der Waals surface area contributed by atoms with Gasteiger partial charge in [0.1, 0.15) is 10.8 Å². The maximum absolute atomic E-state index is 13.6. The van der Waals surface area contributed by atoms with Gasteiger partial charge in [-0.3, -0.25) is 0 Å². The number of halogens is 1. The van der Waals surface area contributed by atoms with Crippen LogP contribution in [0.5, 0.6) is 0 Å². The van der Waals surface area contributed by atoms with Crippen molar-refractivity contribution in [1.82, 2.24) is 14.9 Å². The van der Waals surface area contributed by atoms with Crippen molar-refractivity contribution >= 4 is 23.1 Å². The Morgan fingerprint density at radius 2 is 2.12 bits per heavy atom. The Morgan fingerprint density at radius 3 is 2.76 bits per heavy atom. The quantitative estimate of drug-likeness (QED) is 0.704. The zero-order valence-electron chi connectivity index (χ0n) is 14.0. The predicted molar refractivity (Wildman–Crippen MR) is 97.6 cm³/mol. The second-order valence-corrected chi connectivity index (χ2v) is 6.75. The molecular formula is C18H19FN4OS. The molecule has 0 bridgehead atoms. The van der Waals surface area contributed by atoms with Crippen LogP contribution < -0.4 is 10.6 Å². The Labute approximate surface area is 149 Å². The molecule has 1 atom stereocenters. The summed E-state index contributed by atoms with van der Waals surface area (Å²) in [7, 11) is 0. The van der Waals surface area contributed by atoms with Crippen molar-refractivity contribution in [2.24, 2.45) is 0 Å². The lowest BCUT2D eigenvalue weighted by Gasteiger charge is -2.27. The van der Waals surface area contributed by atoms with E-state index in [9.17, 15) is 9.18 Å². The van der Waals surface area contributed by atoms with E-state index in [0.717, 1.165) is 5.01 Å². The number of hydrogen-bond acceptors (Lipinski definition) is 3. The number of hydrogen-bond donors (Lipinski definition) is 2. The second-order valence-electron chi connectivity index (χ2n) is 5.85. The van der Waals surface area contributed by atoms with E-state index in [2.05, 4.69) is 15.6 Å². The van der Waals surface area contributed by atoms with Gasteiger partial charge in [0.25, 0.3) is 0 Å². The predicted octanol–water partition coefficient (Wildman–Crippen LogP) is 4.52. The van der Waals surface area contributed by atoms with E-state index in [1.165, 1.54) is 23.5 Å². The molecule has 2 aromatic heterocycles. The van der Waals surface area contributed by atoms with Crippen LogP contribution in [-0.4, -0.2) is 15.6 Å². The summed E-state index contributed by atoms with van der Waals surface area (Å²) >= 11 is 1.50. The van der Waals surface area contributed by atoms with E-state index in [1.54, 1.807) is 29.2 Å². The summed E-state index contributed by atoms with van der Waals surface area (Å²) in [6.45, 7) is 3.92. The molecule has 5 nitrogen and oxygen atoms in total. The summed E-state index contributed by atoms with van der Waals surface area (Å²) in [6, 6.07) is 7.57. The summed E-state index contributed by atoms with van der Waals surface area (Å²) in [5.41, 5.74) is 0.520. The fourth-order valence-corrected chi connectivity index (χ4v) is 3.34. The fourth-order valence-electron chi connectivity index (χ4n) is 2.51. The Hall–Kier alpha value is -2.67. The van der Waals surface area contributed by atoms with Crippen molar-refractivity contribution in [3.8, 4) is 5.69 Å². The van der Waals surface area contributed by atoms with E-state index >= 15 is 0 Å². The lowest BCUT2D eigenvalue weighted by Crippen LogP contribution is -2.45. The van der Waals surface area contributed by atoms with Crippen LogP contribution in [0, 0.1) is 5.82 Å². The number of carbonyl (C=O) groups is 1. The molecule has 0 saturated carbocycles. The van der Waals surface area contributed by atoms with Gasteiger partial charge in [0.15, 0.2) is 0 Å². The molecule has 3 rings (SSSR count). The molecular weight excluding hydrogens is 339 g/mol. The first-order valence-electron chi connectivity index (χ1n) is 7.94. The van der Waals surface area contributed by atoms with Crippen molar-refractivity contribution in [2.75, 3.05) is 5.32 Å². The number of urea groups is 1. The number of amides is 2. The van der Waals surface area contributed by atoms with Gasteiger partial charge in [-0.1, -0.05) is 6.92 Å². The first-order chi connectivity index (χ1) is 12.0. The SMILES string of the molecule is CC[C@@](C)(NC(=O)Nc1ccc(F)cc1-n1cccc1)c1nccs1. The molecule has 0 spiro atoms. The minimum absolute atomic E-state index is 0.362. The summed E-state index contributed by atoms with van der Waals surface area (Å²) < 4.78 is 15.4. The second kappa shape index (κ2) is 7.06. The normalized spacial score (nSPS) is 13.2. The van der Waals surface area contributed by atoms with Crippen LogP contribution in [0.3, 0.4) is 0 Å². The molecule has 130 valence electrons. The lowest BCUT2D eigenvalue weighted by atomic mass is 10.0. The number of nitrogens with one attached hydrogen (secondary N) is 2. The van der Waals surface area contributed by atoms with Crippen LogP contribution in [0.15, 0.2) is 54.3 Å². The summed E-state index contributed by atoms with van der Waals surface area (Å²) in [4.78, 5) is 16.9. The molecule has 7 heteroatoms. The highest BCUT2D eigenvalue weighted by molar-refractivity contribution is 7.09. The van der Waals surface area contributed by atoms with Gasteiger partial charge in [0.05, 0.1) is 16.9 Å². The molecule has 0 fully saturated rings. The highest BCUT2D eigenvalue weighted by atomic mass is 32.1. The van der Waals surface area contributed by atoms with E-state index in [4.69, 9.17) is 0 Å². The van der Waals surface area contributed by atoms with Gasteiger partial charge in [-0.25, -0.2) is 14.2 Å². The van der Waals surface area contributed by atoms with Gasteiger partial charge in [0, 0.05) is 24.0 Å². The zero-order chi connectivity index (χ0) is 17.9. The number of anilines is 1. The van der Waals surface area contributed by atoms with Gasteiger partial charge < -0.3 is 15.2 Å². The van der Waals surface area contributed by atoms with Gasteiger partial charge >= 0.3 is 6.03 Å². The van der Waals surface area contributed by atoms with E-state index in [0.29, 0.717) is 17.8 Å². The number of carbonyl (C=O) groups excluding carboxylic acids is 1. The largest absolute Gasteiger partial charge is 0.326 e. The molecule has 0 radical (unpaired) electrons. The van der Waals surface area contributed by atoms with E-state index < -0.39 is 5.54 Å². The molecule has 1 aromatic carbocycles. The van der Waals surface area contributed by atoms with Crippen molar-refractivity contribution in [3.63, 3.8) is 0 Å². The Kier molecular flexibility index (Phi) is 4.85.